The van der Waals surface area contributed by atoms with Crippen LogP contribution in [0.2, 0.25) is 0 Å². The second-order valence-electron chi connectivity index (χ2n) is 3.85. The lowest BCUT2D eigenvalue weighted by atomic mass is 10.1. The maximum Gasteiger partial charge on any atom is 0.225 e. The highest BCUT2D eigenvalue weighted by molar-refractivity contribution is 7.94. The fraction of sp³-hybridized carbons (Fsp3) is 0.600. The highest BCUT2D eigenvalue weighted by atomic mass is 32.2. The summed E-state index contributed by atoms with van der Waals surface area (Å²) in [4.78, 5) is 9.76. The molecule has 4 N–H and O–H groups in total. The molecule has 1 unspecified atom stereocenters. The molecule has 9 heteroatoms. The van der Waals surface area contributed by atoms with E-state index in [1.807, 2.05) is 4.90 Å². The Bertz CT molecular complexity index is 369. The van der Waals surface area contributed by atoms with Crippen molar-refractivity contribution in [1.82, 2.24) is 14.4 Å². The third-order valence-electron chi connectivity index (χ3n) is 2.71. The van der Waals surface area contributed by atoms with Crippen LogP contribution in [0.3, 0.4) is 0 Å². The average Bonchev–Trinajstić information content (AvgIpc) is 2.49. The van der Waals surface area contributed by atoms with Gasteiger partial charge >= 0.3 is 0 Å². The van der Waals surface area contributed by atoms with Gasteiger partial charge in [-0.1, -0.05) is 0 Å². The smallest absolute Gasteiger partial charge is 0.225 e. The summed E-state index contributed by atoms with van der Waals surface area (Å²) in [7, 11) is 1.00. The Hall–Kier alpha value is -1.00. The van der Waals surface area contributed by atoms with Crippen molar-refractivity contribution in [3.8, 4) is 0 Å². The summed E-state index contributed by atoms with van der Waals surface area (Å²) >= 11 is 0.792. The zero-order valence-electron chi connectivity index (χ0n) is 10.6. The number of hydrogen-bond acceptors (Lipinski definition) is 8. The van der Waals surface area contributed by atoms with Gasteiger partial charge in [0.1, 0.15) is 0 Å². The Morgan fingerprint density at radius 1 is 1.47 bits per heavy atom. The van der Waals surface area contributed by atoms with E-state index in [9.17, 15) is 9.60 Å². The molecule has 0 bridgehead atoms. The van der Waals surface area contributed by atoms with Crippen molar-refractivity contribution >= 4 is 18.1 Å². The first kappa shape index (κ1) is 16.1. The number of anilines is 1. The minimum absolute atomic E-state index is 0.0626. The number of aromatic nitrogens is 2. The fourth-order valence-corrected chi connectivity index (χ4v) is 2.22. The first-order valence-corrected chi connectivity index (χ1v) is 6.56. The lowest BCUT2D eigenvalue weighted by Gasteiger charge is -2.34. The number of hydroxylamine groups is 1. The Labute approximate surface area is 115 Å². The monoisotopic (exact) mass is 291 g/mol. The van der Waals surface area contributed by atoms with Gasteiger partial charge in [0, 0.05) is 32.3 Å². The van der Waals surface area contributed by atoms with Gasteiger partial charge in [0.15, 0.2) is 5.82 Å². The van der Waals surface area contributed by atoms with E-state index in [1.165, 1.54) is 0 Å². The van der Waals surface area contributed by atoms with Crippen molar-refractivity contribution < 1.29 is 14.7 Å². The van der Waals surface area contributed by atoms with Crippen molar-refractivity contribution in [3.05, 3.63) is 18.2 Å². The lowest BCUT2D eigenvalue weighted by Crippen LogP contribution is -2.45. The number of hydrogen-bond donors (Lipinski definition) is 3. The van der Waals surface area contributed by atoms with Crippen LogP contribution < -0.4 is 10.0 Å². The normalized spacial score (nSPS) is 19.1. The van der Waals surface area contributed by atoms with Crippen molar-refractivity contribution in [2.45, 2.75) is 18.9 Å². The van der Waals surface area contributed by atoms with E-state index in [0.29, 0.717) is 12.5 Å². The number of nitrogens with zero attached hydrogens (tertiary/aromatic N) is 4. The summed E-state index contributed by atoms with van der Waals surface area (Å²) < 4.78 is 13.7. The molecule has 7 nitrogen and oxygen atoms in total. The molecule has 2 heterocycles. The predicted molar refractivity (Wildman–Crippen MR) is 70.8 cm³/mol. The summed E-state index contributed by atoms with van der Waals surface area (Å²) in [5, 5.41) is 21.8. The third-order valence-corrected chi connectivity index (χ3v) is 3.22. The average molecular weight is 291 g/mol. The fourth-order valence-electron chi connectivity index (χ4n) is 1.87. The van der Waals surface area contributed by atoms with Crippen LogP contribution in [0.4, 0.5) is 10.3 Å². The molecular weight excluding hydrogens is 273 g/mol. The Balaban J connectivity index is 0.000000861. The molecule has 0 aromatic carbocycles. The van der Waals surface area contributed by atoms with Gasteiger partial charge in [-0.2, -0.15) is 0 Å². The quantitative estimate of drug-likeness (QED) is 0.544. The molecular formula is C10H18FN5O2S. The lowest BCUT2D eigenvalue weighted by molar-refractivity contribution is -0.0272. The van der Waals surface area contributed by atoms with E-state index in [1.54, 1.807) is 0 Å². The number of piperidine rings is 1. The standard InChI is InChI=1S/C9H14FN5OS.CH4O/c10-7-4-12-9(13-5-7)14-3-1-2-8(6-14)15(16)17-11;1-2/h4-5,8,16H,1-3,6,11H2;2H,1H3. The molecule has 0 saturated carbocycles. The van der Waals surface area contributed by atoms with Gasteiger partial charge in [-0.05, 0) is 12.8 Å². The number of aliphatic hydroxyl groups is 1. The van der Waals surface area contributed by atoms with Gasteiger partial charge in [0.05, 0.1) is 18.4 Å². The molecule has 1 fully saturated rings. The van der Waals surface area contributed by atoms with Crippen LogP contribution in [0.25, 0.3) is 0 Å². The maximum absolute atomic E-state index is 12.7. The van der Waals surface area contributed by atoms with Gasteiger partial charge < -0.3 is 15.2 Å². The van der Waals surface area contributed by atoms with Gasteiger partial charge in [-0.15, -0.1) is 4.47 Å². The third kappa shape index (κ3) is 4.55. The molecule has 0 aliphatic carbocycles. The first-order chi connectivity index (χ1) is 9.20. The van der Waals surface area contributed by atoms with Crippen molar-refractivity contribution in [2.24, 2.45) is 5.14 Å². The molecule has 1 aliphatic heterocycles. The number of rotatable bonds is 3. The van der Waals surface area contributed by atoms with E-state index in [4.69, 9.17) is 10.2 Å². The first-order valence-electron chi connectivity index (χ1n) is 5.73. The molecule has 1 aromatic rings. The predicted octanol–water partition coefficient (Wildman–Crippen LogP) is 0.406. The van der Waals surface area contributed by atoms with E-state index in [2.05, 4.69) is 9.97 Å². The molecule has 0 radical (unpaired) electrons. The Morgan fingerprint density at radius 3 is 2.68 bits per heavy atom. The van der Waals surface area contributed by atoms with Crippen LogP contribution in [0.5, 0.6) is 0 Å². The minimum atomic E-state index is -0.455. The van der Waals surface area contributed by atoms with Crippen LogP contribution in [0.15, 0.2) is 12.4 Å². The second-order valence-corrected chi connectivity index (χ2v) is 4.44. The van der Waals surface area contributed by atoms with Gasteiger partial charge in [-0.25, -0.2) is 14.4 Å². The molecule has 0 amide bonds. The molecule has 1 aromatic heterocycles. The van der Waals surface area contributed by atoms with Crippen molar-refractivity contribution in [2.75, 3.05) is 25.1 Å². The zero-order chi connectivity index (χ0) is 14.3. The van der Waals surface area contributed by atoms with Crippen molar-refractivity contribution in [1.29, 1.82) is 0 Å². The molecule has 2 rings (SSSR count). The van der Waals surface area contributed by atoms with Gasteiger partial charge in [0.2, 0.25) is 5.95 Å². The van der Waals surface area contributed by atoms with E-state index < -0.39 is 5.82 Å². The van der Waals surface area contributed by atoms with Crippen LogP contribution in [-0.2, 0) is 0 Å². The number of nitrogens with two attached hydrogens (primary N) is 1. The van der Waals surface area contributed by atoms with Gasteiger partial charge in [-0.3, -0.25) is 5.14 Å². The van der Waals surface area contributed by atoms with Crippen LogP contribution in [0.1, 0.15) is 12.8 Å². The summed E-state index contributed by atoms with van der Waals surface area (Å²) in [5.74, 6) is 0.0233. The molecule has 0 spiro atoms. The highest BCUT2D eigenvalue weighted by Gasteiger charge is 2.25. The highest BCUT2D eigenvalue weighted by Crippen LogP contribution is 2.20. The summed E-state index contributed by atoms with van der Waals surface area (Å²) in [5.41, 5.74) is 0. The Kier molecular flexibility index (Phi) is 6.95. The van der Waals surface area contributed by atoms with Gasteiger partial charge in [0.25, 0.3) is 0 Å². The van der Waals surface area contributed by atoms with Crippen molar-refractivity contribution in [3.63, 3.8) is 0 Å². The number of aliphatic hydroxyl groups excluding tert-OH is 1. The molecule has 1 atom stereocenters. The largest absolute Gasteiger partial charge is 0.400 e. The molecule has 19 heavy (non-hydrogen) atoms. The minimum Gasteiger partial charge on any atom is -0.400 e. The van der Waals surface area contributed by atoms with E-state index in [-0.39, 0.29) is 6.04 Å². The topological polar surface area (TPSA) is 98.7 Å². The molecule has 1 aliphatic rings. The van der Waals surface area contributed by atoms with Crippen LogP contribution in [0, 0.1) is 5.82 Å². The summed E-state index contributed by atoms with van der Waals surface area (Å²) in [6, 6.07) is -0.0626. The molecule has 108 valence electrons. The maximum atomic E-state index is 12.7. The summed E-state index contributed by atoms with van der Waals surface area (Å²) in [6.07, 6.45) is 4.04. The van der Waals surface area contributed by atoms with E-state index >= 15 is 0 Å². The zero-order valence-corrected chi connectivity index (χ0v) is 11.4. The van der Waals surface area contributed by atoms with E-state index in [0.717, 1.165) is 55.5 Å². The Morgan fingerprint density at radius 2 is 2.11 bits per heavy atom. The van der Waals surface area contributed by atoms with Crippen LogP contribution in [-0.4, -0.2) is 51.0 Å². The summed E-state index contributed by atoms with van der Waals surface area (Å²) in [6.45, 7) is 1.37. The molecule has 1 saturated heterocycles. The second kappa shape index (κ2) is 8.23. The SMILES string of the molecule is CO.NSN(O)C1CCCN(c2ncc(F)cn2)C1. The van der Waals surface area contributed by atoms with Crippen LogP contribution >= 0.6 is 12.1 Å². The number of halogens is 1.